The third-order valence-electron chi connectivity index (χ3n) is 4.37. The Kier molecular flexibility index (Phi) is 5.71. The number of aromatic amines is 1. The number of nitrogens with zero attached hydrogens (tertiary/aromatic N) is 3. The van der Waals surface area contributed by atoms with Crippen molar-refractivity contribution in [3.63, 3.8) is 0 Å². The number of rotatable bonds is 6. The highest BCUT2D eigenvalue weighted by molar-refractivity contribution is 6.31. The van der Waals surface area contributed by atoms with Crippen molar-refractivity contribution in [3.8, 4) is 23.3 Å². The van der Waals surface area contributed by atoms with E-state index in [4.69, 9.17) is 32.7 Å². The molecule has 0 radical (unpaired) electrons. The number of hydrogen-bond donors (Lipinski definition) is 1. The highest BCUT2D eigenvalue weighted by atomic mass is 35.5. The Morgan fingerprint density at radius 1 is 1.00 bits per heavy atom. The second-order valence-electron chi connectivity index (χ2n) is 6.50. The number of ether oxygens (including phenoxy) is 2. The third-order valence-corrected chi connectivity index (χ3v) is 4.82. The number of hydrogen-bond acceptors (Lipinski definition) is 5. The quantitative estimate of drug-likeness (QED) is 0.474. The smallest absolute Gasteiger partial charge is 0.328 e. The van der Waals surface area contributed by atoms with Crippen molar-refractivity contribution < 1.29 is 9.47 Å². The first-order valence-electron chi connectivity index (χ1n) is 9.04. The summed E-state index contributed by atoms with van der Waals surface area (Å²) in [7, 11) is 0. The molecule has 156 valence electrons. The van der Waals surface area contributed by atoms with Gasteiger partial charge in [-0.05, 0) is 18.2 Å². The van der Waals surface area contributed by atoms with Gasteiger partial charge in [0.15, 0.2) is 17.2 Å². The van der Waals surface area contributed by atoms with Gasteiger partial charge >= 0.3 is 5.69 Å². The number of fused-ring (bicyclic) bond motifs is 1. The van der Waals surface area contributed by atoms with E-state index in [1.807, 2.05) is 0 Å². The highest BCUT2D eigenvalue weighted by Crippen LogP contribution is 2.37. The first kappa shape index (κ1) is 20.6. The van der Waals surface area contributed by atoms with Gasteiger partial charge in [-0.2, -0.15) is 5.26 Å². The average Bonchev–Trinajstić information content (AvgIpc) is 3.14. The van der Waals surface area contributed by atoms with Crippen LogP contribution in [0.15, 0.2) is 64.6 Å². The van der Waals surface area contributed by atoms with Crippen molar-refractivity contribution in [1.82, 2.24) is 14.0 Å². The largest absolute Gasteiger partial charge is 0.488 e. The number of pyridine rings is 1. The topological polar surface area (TPSA) is 102 Å². The van der Waals surface area contributed by atoms with Crippen LogP contribution in [0, 0.1) is 11.3 Å². The van der Waals surface area contributed by atoms with Gasteiger partial charge in [-0.3, -0.25) is 14.3 Å². The normalized spacial score (nSPS) is 10.7. The Morgan fingerprint density at radius 2 is 1.81 bits per heavy atom. The second-order valence-corrected chi connectivity index (χ2v) is 7.37. The van der Waals surface area contributed by atoms with E-state index in [0.29, 0.717) is 38.4 Å². The van der Waals surface area contributed by atoms with E-state index in [1.54, 1.807) is 47.1 Å². The summed E-state index contributed by atoms with van der Waals surface area (Å²) in [5.41, 5.74) is 0.125. The van der Waals surface area contributed by atoms with Gasteiger partial charge in [0, 0.05) is 41.8 Å². The summed E-state index contributed by atoms with van der Waals surface area (Å²) >= 11 is 12.3. The van der Waals surface area contributed by atoms with Crippen LogP contribution in [0.5, 0.6) is 17.2 Å². The molecule has 3 heterocycles. The van der Waals surface area contributed by atoms with Crippen LogP contribution in [0.2, 0.25) is 10.0 Å². The van der Waals surface area contributed by atoms with Crippen LogP contribution >= 0.6 is 23.2 Å². The van der Waals surface area contributed by atoms with Crippen molar-refractivity contribution in [2.75, 3.05) is 6.61 Å². The van der Waals surface area contributed by atoms with Gasteiger partial charge in [0.2, 0.25) is 0 Å². The fraction of sp³-hybridized carbons (Fsp3) is 0.0952. The van der Waals surface area contributed by atoms with Gasteiger partial charge < -0.3 is 13.9 Å². The van der Waals surface area contributed by atoms with Crippen molar-refractivity contribution in [3.05, 3.63) is 91.4 Å². The SMILES string of the molecule is N#Cc1cc2c(Oc3ccc(Cl)cc3OCCn3ccc(=O)[nH]c3=O)cc(Cl)cn2c1. The number of aromatic nitrogens is 3. The summed E-state index contributed by atoms with van der Waals surface area (Å²) in [6, 6.07) is 11.6. The summed E-state index contributed by atoms with van der Waals surface area (Å²) in [6.45, 7) is 0.324. The Morgan fingerprint density at radius 3 is 2.58 bits per heavy atom. The standard InChI is InChI=1S/C21H14Cl2N4O4/c22-14-1-2-17(19(8-14)30-6-5-26-4-3-20(28)25-21(26)29)31-18-9-15(23)12-27-11-13(10-24)7-16(18)27/h1-4,7-9,11-12H,5-6H2,(H,25,28,29). The predicted octanol–water partition coefficient (Wildman–Crippen LogP) is 3.84. The minimum Gasteiger partial charge on any atom is -0.488 e. The molecule has 8 nitrogen and oxygen atoms in total. The van der Waals surface area contributed by atoms with Crippen molar-refractivity contribution in [2.24, 2.45) is 0 Å². The lowest BCUT2D eigenvalue weighted by atomic mass is 10.3. The van der Waals surface area contributed by atoms with Gasteiger partial charge in [0.05, 0.1) is 22.6 Å². The van der Waals surface area contributed by atoms with Gasteiger partial charge in [-0.15, -0.1) is 0 Å². The van der Waals surface area contributed by atoms with Crippen LogP contribution in [0.1, 0.15) is 5.56 Å². The Balaban J connectivity index is 1.60. The van der Waals surface area contributed by atoms with Gasteiger partial charge in [-0.1, -0.05) is 23.2 Å². The molecule has 0 atom stereocenters. The Bertz CT molecular complexity index is 1430. The lowest BCUT2D eigenvalue weighted by Crippen LogP contribution is -2.30. The van der Waals surface area contributed by atoms with Crippen LogP contribution in [0.4, 0.5) is 0 Å². The molecule has 0 saturated heterocycles. The van der Waals surface area contributed by atoms with E-state index in [1.165, 1.54) is 16.8 Å². The zero-order chi connectivity index (χ0) is 22.0. The molecule has 3 aromatic heterocycles. The van der Waals surface area contributed by atoms with Crippen molar-refractivity contribution >= 4 is 28.7 Å². The van der Waals surface area contributed by atoms with Crippen LogP contribution in [0.3, 0.4) is 0 Å². The minimum absolute atomic E-state index is 0.122. The molecule has 0 bridgehead atoms. The summed E-state index contributed by atoms with van der Waals surface area (Å²) in [6.07, 6.45) is 4.71. The molecule has 0 fully saturated rings. The van der Waals surface area contributed by atoms with Crippen molar-refractivity contribution in [1.29, 1.82) is 5.26 Å². The molecule has 4 aromatic rings. The molecular weight excluding hydrogens is 443 g/mol. The van der Waals surface area contributed by atoms with Crippen LogP contribution in [-0.4, -0.2) is 20.6 Å². The lowest BCUT2D eigenvalue weighted by Gasteiger charge is -2.14. The molecule has 4 rings (SSSR count). The number of nitrogens with one attached hydrogen (secondary N) is 1. The van der Waals surface area contributed by atoms with Crippen molar-refractivity contribution in [2.45, 2.75) is 6.54 Å². The molecule has 10 heteroatoms. The molecule has 0 unspecified atom stereocenters. The number of H-pyrrole nitrogens is 1. The fourth-order valence-corrected chi connectivity index (χ4v) is 3.33. The first-order chi connectivity index (χ1) is 14.9. The van der Waals surface area contributed by atoms with Crippen LogP contribution in [-0.2, 0) is 6.54 Å². The maximum absolute atomic E-state index is 11.8. The zero-order valence-electron chi connectivity index (χ0n) is 15.8. The number of halogens is 2. The molecule has 0 spiro atoms. The van der Waals surface area contributed by atoms with E-state index >= 15 is 0 Å². The molecular formula is C21H14Cl2N4O4. The average molecular weight is 457 g/mol. The van der Waals surface area contributed by atoms with Gasteiger partial charge in [0.25, 0.3) is 5.56 Å². The van der Waals surface area contributed by atoms with Crippen LogP contribution in [0.25, 0.3) is 5.52 Å². The predicted molar refractivity (Wildman–Crippen MR) is 115 cm³/mol. The lowest BCUT2D eigenvalue weighted by molar-refractivity contribution is 0.283. The Labute approximate surface area is 185 Å². The van der Waals surface area contributed by atoms with Crippen LogP contribution < -0.4 is 20.7 Å². The van der Waals surface area contributed by atoms with Gasteiger partial charge in [0.1, 0.15) is 12.7 Å². The molecule has 0 aliphatic heterocycles. The molecule has 0 aliphatic rings. The third kappa shape index (κ3) is 4.58. The monoisotopic (exact) mass is 456 g/mol. The molecule has 1 N–H and O–H groups in total. The molecule has 1 aromatic carbocycles. The van der Waals surface area contributed by atoms with E-state index in [-0.39, 0.29) is 13.2 Å². The fourth-order valence-electron chi connectivity index (χ4n) is 2.97. The molecule has 31 heavy (non-hydrogen) atoms. The minimum atomic E-state index is -0.526. The maximum Gasteiger partial charge on any atom is 0.328 e. The molecule has 0 amide bonds. The van der Waals surface area contributed by atoms with E-state index in [2.05, 4.69) is 11.1 Å². The second kappa shape index (κ2) is 8.60. The van der Waals surface area contributed by atoms with E-state index in [0.717, 1.165) is 0 Å². The number of nitriles is 1. The van der Waals surface area contributed by atoms with E-state index < -0.39 is 11.2 Å². The Hall–Kier alpha value is -3.67. The van der Waals surface area contributed by atoms with E-state index in [9.17, 15) is 14.9 Å². The first-order valence-corrected chi connectivity index (χ1v) is 9.80. The summed E-state index contributed by atoms with van der Waals surface area (Å²) in [4.78, 5) is 25.1. The highest BCUT2D eigenvalue weighted by Gasteiger charge is 2.13. The summed E-state index contributed by atoms with van der Waals surface area (Å²) in [5.74, 6) is 1.16. The maximum atomic E-state index is 11.8. The van der Waals surface area contributed by atoms with Gasteiger partial charge in [-0.25, -0.2) is 4.79 Å². The number of benzene rings is 1. The zero-order valence-corrected chi connectivity index (χ0v) is 17.4. The summed E-state index contributed by atoms with van der Waals surface area (Å²) in [5, 5.41) is 10.0. The summed E-state index contributed by atoms with van der Waals surface area (Å²) < 4.78 is 14.9. The molecule has 0 saturated carbocycles. The molecule has 0 aliphatic carbocycles.